The first-order valence-electron chi connectivity index (χ1n) is 31.9. The summed E-state index contributed by atoms with van der Waals surface area (Å²) in [5.74, 6) is -0.897. The minimum Gasteiger partial charge on any atom is -0.462 e. The van der Waals surface area contributed by atoms with E-state index >= 15 is 0 Å². The lowest BCUT2D eigenvalue weighted by atomic mass is 10.0. The predicted octanol–water partition coefficient (Wildman–Crippen LogP) is 21.7. The molecule has 0 aliphatic heterocycles. The fourth-order valence-electron chi connectivity index (χ4n) is 9.16. The molecule has 0 aliphatic rings. The number of rotatable bonds is 58. The second kappa shape index (κ2) is 62.4. The van der Waals surface area contributed by atoms with Crippen LogP contribution in [0.3, 0.4) is 0 Å². The molecular weight excluding hydrogens is 913 g/mol. The highest BCUT2D eigenvalue weighted by Crippen LogP contribution is 2.17. The van der Waals surface area contributed by atoms with Gasteiger partial charge in [-0.2, -0.15) is 0 Å². The SMILES string of the molecule is CC/C=C\C/C=C\C/C=C\C/C=C\CCCCCCCCC(=O)OC(COC(=O)CCCCCCC/C=C\C/C=C\CCCC)COC(=O)CCCCCCCCCCCCCCCCCCCCCCCCC. The van der Waals surface area contributed by atoms with Gasteiger partial charge >= 0.3 is 17.9 Å². The van der Waals surface area contributed by atoms with Crippen LogP contribution in [0.1, 0.15) is 323 Å². The van der Waals surface area contributed by atoms with Gasteiger partial charge in [0.15, 0.2) is 6.10 Å². The van der Waals surface area contributed by atoms with Crippen LogP contribution < -0.4 is 0 Å². The Morgan fingerprint density at radius 1 is 0.284 bits per heavy atom. The molecule has 0 N–H and O–H groups in total. The molecule has 1 unspecified atom stereocenters. The number of carbonyl (C=O) groups excluding carboxylic acids is 3. The zero-order chi connectivity index (χ0) is 53.6. The number of esters is 3. The van der Waals surface area contributed by atoms with Crippen LogP contribution in [0, 0.1) is 0 Å². The molecule has 0 spiro atoms. The standard InChI is InChI=1S/C68H120O6/c1-4-7-10-13-16-19-22-25-28-30-32-33-34-35-37-38-40-43-46-49-52-55-58-61-67(70)73-64-65(63-72-66(69)60-57-54-51-48-45-42-27-24-21-18-15-12-9-6-3)74-68(71)62-59-56-53-50-47-44-41-39-36-31-29-26-23-20-17-14-11-8-5-2/h8,11,15,17-18,20,24,26-27,29,36,39,65H,4-7,9-10,12-14,16,19,21-23,25,28,30-35,37-38,40-64H2,1-3H3/b11-8-,18-15-,20-17-,27-24-,29-26-,39-36-. The van der Waals surface area contributed by atoms with Gasteiger partial charge in [-0.3, -0.25) is 14.4 Å². The van der Waals surface area contributed by atoms with Crippen molar-refractivity contribution in [3.8, 4) is 0 Å². The van der Waals surface area contributed by atoms with E-state index in [0.29, 0.717) is 19.3 Å². The zero-order valence-corrected chi connectivity index (χ0v) is 49.1. The molecule has 1 atom stereocenters. The maximum absolute atomic E-state index is 12.9. The van der Waals surface area contributed by atoms with Crippen LogP contribution in [0.2, 0.25) is 0 Å². The topological polar surface area (TPSA) is 78.9 Å². The van der Waals surface area contributed by atoms with Gasteiger partial charge in [-0.1, -0.05) is 293 Å². The van der Waals surface area contributed by atoms with Gasteiger partial charge in [0.05, 0.1) is 0 Å². The maximum Gasteiger partial charge on any atom is 0.306 e. The van der Waals surface area contributed by atoms with Crippen molar-refractivity contribution in [2.24, 2.45) is 0 Å². The Labute approximate surface area is 459 Å². The van der Waals surface area contributed by atoms with Gasteiger partial charge in [0.2, 0.25) is 0 Å². The summed E-state index contributed by atoms with van der Waals surface area (Å²) in [6.07, 6.45) is 80.5. The molecule has 428 valence electrons. The fourth-order valence-corrected chi connectivity index (χ4v) is 9.16. The fraction of sp³-hybridized carbons (Fsp3) is 0.779. The van der Waals surface area contributed by atoms with E-state index in [4.69, 9.17) is 14.2 Å². The van der Waals surface area contributed by atoms with Gasteiger partial charge < -0.3 is 14.2 Å². The molecule has 0 radical (unpaired) electrons. The molecule has 0 aliphatic carbocycles. The molecule has 6 heteroatoms. The van der Waals surface area contributed by atoms with Crippen LogP contribution in [-0.4, -0.2) is 37.2 Å². The first-order valence-corrected chi connectivity index (χ1v) is 31.9. The molecule has 74 heavy (non-hydrogen) atoms. The summed E-state index contributed by atoms with van der Waals surface area (Å²) >= 11 is 0. The smallest absolute Gasteiger partial charge is 0.306 e. The van der Waals surface area contributed by atoms with E-state index in [0.717, 1.165) is 116 Å². The van der Waals surface area contributed by atoms with E-state index in [1.807, 2.05) is 0 Å². The van der Waals surface area contributed by atoms with E-state index in [1.54, 1.807) is 0 Å². The zero-order valence-electron chi connectivity index (χ0n) is 49.1. The Balaban J connectivity index is 4.33. The van der Waals surface area contributed by atoms with Crippen LogP contribution in [0.25, 0.3) is 0 Å². The molecule has 0 aromatic rings. The second-order valence-corrected chi connectivity index (χ2v) is 21.3. The summed E-state index contributed by atoms with van der Waals surface area (Å²) in [6, 6.07) is 0. The van der Waals surface area contributed by atoms with Crippen molar-refractivity contribution >= 4 is 17.9 Å². The van der Waals surface area contributed by atoms with Gasteiger partial charge in [0.25, 0.3) is 0 Å². The van der Waals surface area contributed by atoms with Gasteiger partial charge in [0, 0.05) is 19.3 Å². The van der Waals surface area contributed by atoms with Crippen LogP contribution in [0.5, 0.6) is 0 Å². The highest BCUT2D eigenvalue weighted by Gasteiger charge is 2.19. The molecule has 0 aromatic carbocycles. The summed E-state index contributed by atoms with van der Waals surface area (Å²) in [5.41, 5.74) is 0. The van der Waals surface area contributed by atoms with Crippen LogP contribution in [0.15, 0.2) is 72.9 Å². The third-order valence-corrected chi connectivity index (χ3v) is 13.9. The van der Waals surface area contributed by atoms with E-state index in [9.17, 15) is 14.4 Å². The largest absolute Gasteiger partial charge is 0.462 e. The summed E-state index contributed by atoms with van der Waals surface area (Å²) in [4.78, 5) is 38.3. The van der Waals surface area contributed by atoms with Crippen molar-refractivity contribution < 1.29 is 28.6 Å². The lowest BCUT2D eigenvalue weighted by molar-refractivity contribution is -0.167. The van der Waals surface area contributed by atoms with Crippen molar-refractivity contribution in [2.75, 3.05) is 13.2 Å². The molecule has 0 aromatic heterocycles. The summed E-state index contributed by atoms with van der Waals surface area (Å²) < 4.78 is 16.9. The number of carbonyl (C=O) groups is 3. The third kappa shape index (κ3) is 59.7. The van der Waals surface area contributed by atoms with E-state index in [2.05, 4.69) is 93.7 Å². The number of ether oxygens (including phenoxy) is 3. The molecule has 0 bridgehead atoms. The lowest BCUT2D eigenvalue weighted by Crippen LogP contribution is -2.30. The minimum atomic E-state index is -0.789. The molecule has 0 heterocycles. The Bertz CT molecular complexity index is 1370. The van der Waals surface area contributed by atoms with Gasteiger partial charge in [-0.25, -0.2) is 0 Å². The average Bonchev–Trinajstić information content (AvgIpc) is 3.40. The molecule has 0 saturated carbocycles. The van der Waals surface area contributed by atoms with Crippen molar-refractivity contribution in [3.63, 3.8) is 0 Å². The first kappa shape index (κ1) is 70.8. The first-order chi connectivity index (χ1) is 36.5. The number of unbranched alkanes of at least 4 members (excludes halogenated alkanes) is 35. The average molecular weight is 1030 g/mol. The maximum atomic E-state index is 12.9. The van der Waals surface area contributed by atoms with E-state index < -0.39 is 6.10 Å². The Hall–Kier alpha value is -3.15. The Morgan fingerprint density at radius 2 is 0.541 bits per heavy atom. The Morgan fingerprint density at radius 3 is 0.865 bits per heavy atom. The van der Waals surface area contributed by atoms with Gasteiger partial charge in [0.1, 0.15) is 13.2 Å². The van der Waals surface area contributed by atoms with Crippen LogP contribution >= 0.6 is 0 Å². The van der Waals surface area contributed by atoms with Crippen molar-refractivity contribution in [3.05, 3.63) is 72.9 Å². The van der Waals surface area contributed by atoms with Gasteiger partial charge in [-0.15, -0.1) is 0 Å². The van der Waals surface area contributed by atoms with Crippen molar-refractivity contribution in [1.82, 2.24) is 0 Å². The minimum absolute atomic E-state index is 0.0833. The highest BCUT2D eigenvalue weighted by atomic mass is 16.6. The summed E-state index contributed by atoms with van der Waals surface area (Å²) in [6.45, 7) is 6.51. The monoisotopic (exact) mass is 1030 g/mol. The van der Waals surface area contributed by atoms with Crippen LogP contribution in [0.4, 0.5) is 0 Å². The third-order valence-electron chi connectivity index (χ3n) is 13.9. The quantitative estimate of drug-likeness (QED) is 0.0261. The Kier molecular flexibility index (Phi) is 59.7. The van der Waals surface area contributed by atoms with E-state index in [1.165, 1.54) is 167 Å². The number of hydrogen-bond donors (Lipinski definition) is 0. The molecule has 0 rings (SSSR count). The molecule has 6 nitrogen and oxygen atoms in total. The molecule has 0 amide bonds. The summed E-state index contributed by atoms with van der Waals surface area (Å²) in [5, 5.41) is 0. The second-order valence-electron chi connectivity index (χ2n) is 21.3. The van der Waals surface area contributed by atoms with E-state index in [-0.39, 0.29) is 31.1 Å². The molecular formula is C68H120O6. The number of hydrogen-bond acceptors (Lipinski definition) is 6. The lowest BCUT2D eigenvalue weighted by Gasteiger charge is -2.18. The highest BCUT2D eigenvalue weighted by molar-refractivity contribution is 5.71. The van der Waals surface area contributed by atoms with Crippen molar-refractivity contribution in [1.29, 1.82) is 0 Å². The van der Waals surface area contributed by atoms with Crippen molar-refractivity contribution in [2.45, 2.75) is 329 Å². The van der Waals surface area contributed by atoms with Gasteiger partial charge in [-0.05, 0) is 83.5 Å². The van der Waals surface area contributed by atoms with Crippen LogP contribution in [-0.2, 0) is 28.6 Å². The summed E-state index contributed by atoms with van der Waals surface area (Å²) in [7, 11) is 0. The predicted molar refractivity (Wildman–Crippen MR) is 321 cm³/mol. The number of allylic oxidation sites excluding steroid dienone is 12. The normalized spacial score (nSPS) is 12.5. The molecule has 0 saturated heterocycles. The molecule has 0 fully saturated rings.